The Labute approximate surface area is 103 Å². The van der Waals surface area contributed by atoms with Crippen LogP contribution < -0.4 is 10.1 Å². The summed E-state index contributed by atoms with van der Waals surface area (Å²) in [6, 6.07) is 4.96. The summed E-state index contributed by atoms with van der Waals surface area (Å²) >= 11 is 5.84. The van der Waals surface area contributed by atoms with E-state index in [9.17, 15) is 4.79 Å². The Kier molecular flexibility index (Phi) is 3.19. The molecule has 0 saturated heterocycles. The minimum Gasteiger partial charge on any atom is -0.387 e. The van der Waals surface area contributed by atoms with Crippen LogP contribution in [0.4, 0.5) is 4.79 Å². The van der Waals surface area contributed by atoms with E-state index in [-0.39, 0.29) is 11.9 Å². The second kappa shape index (κ2) is 4.63. The van der Waals surface area contributed by atoms with Crippen molar-refractivity contribution in [2.75, 3.05) is 0 Å². The number of ether oxygens (including phenoxy) is 1. The first-order valence-corrected chi connectivity index (χ1v) is 5.47. The van der Waals surface area contributed by atoms with Gasteiger partial charge in [-0.2, -0.15) is 0 Å². The highest BCUT2D eigenvalue weighted by molar-refractivity contribution is 6.31. The highest BCUT2D eigenvalue weighted by Gasteiger charge is 2.14. The number of carbonyl (C=O) groups is 1. The number of benzene rings is 1. The van der Waals surface area contributed by atoms with Gasteiger partial charge in [-0.25, -0.2) is 4.79 Å². The lowest BCUT2D eigenvalue weighted by Crippen LogP contribution is -2.32. The van der Waals surface area contributed by atoms with Crippen LogP contribution in [0.25, 0.3) is 11.0 Å². The van der Waals surface area contributed by atoms with Crippen LogP contribution in [0.15, 0.2) is 22.7 Å². The molecular weight excluding hydrogens is 244 g/mol. The molecule has 0 saturated carbocycles. The van der Waals surface area contributed by atoms with Crippen LogP contribution in [0.1, 0.15) is 13.8 Å². The Morgan fingerprint density at radius 3 is 3.00 bits per heavy atom. The molecule has 5 nitrogen and oxygen atoms in total. The fraction of sp³-hybridized carbons (Fsp3) is 0.273. The lowest BCUT2D eigenvalue weighted by atomic mass is 10.3. The second-order valence-corrected chi connectivity index (χ2v) is 4.25. The Morgan fingerprint density at radius 1 is 1.53 bits per heavy atom. The van der Waals surface area contributed by atoms with Gasteiger partial charge in [0.2, 0.25) is 0 Å². The molecule has 0 unspecified atom stereocenters. The van der Waals surface area contributed by atoms with Crippen molar-refractivity contribution in [3.63, 3.8) is 0 Å². The predicted molar refractivity (Wildman–Crippen MR) is 63.3 cm³/mol. The van der Waals surface area contributed by atoms with Gasteiger partial charge in [0.15, 0.2) is 5.58 Å². The minimum absolute atomic E-state index is 0.00995. The van der Waals surface area contributed by atoms with E-state index in [0.717, 1.165) is 0 Å². The Morgan fingerprint density at radius 2 is 2.29 bits per heavy atom. The van der Waals surface area contributed by atoms with Gasteiger partial charge < -0.3 is 14.6 Å². The lowest BCUT2D eigenvalue weighted by Gasteiger charge is -2.06. The van der Waals surface area contributed by atoms with Crippen LogP contribution in [0.5, 0.6) is 5.88 Å². The molecule has 0 aliphatic rings. The van der Waals surface area contributed by atoms with Gasteiger partial charge in [-0.3, -0.25) is 0 Å². The summed E-state index contributed by atoms with van der Waals surface area (Å²) in [6.45, 7) is 3.66. The van der Waals surface area contributed by atoms with E-state index in [1.54, 1.807) is 18.2 Å². The van der Waals surface area contributed by atoms with E-state index in [2.05, 4.69) is 10.5 Å². The van der Waals surface area contributed by atoms with E-state index in [1.807, 2.05) is 13.8 Å². The first kappa shape index (κ1) is 11.7. The number of rotatable bonds is 2. The molecule has 1 aromatic carbocycles. The van der Waals surface area contributed by atoms with Gasteiger partial charge in [0, 0.05) is 11.1 Å². The van der Waals surface area contributed by atoms with Gasteiger partial charge in [0.05, 0.1) is 5.39 Å². The van der Waals surface area contributed by atoms with Gasteiger partial charge >= 0.3 is 6.09 Å². The Balaban J connectivity index is 2.24. The molecule has 1 N–H and O–H groups in total. The number of aromatic nitrogens is 1. The monoisotopic (exact) mass is 254 g/mol. The van der Waals surface area contributed by atoms with Gasteiger partial charge in [-0.15, -0.1) is 0 Å². The molecule has 0 fully saturated rings. The molecule has 0 spiro atoms. The van der Waals surface area contributed by atoms with Crippen LogP contribution in [0, 0.1) is 0 Å². The predicted octanol–water partition coefficient (Wildman–Crippen LogP) is 2.98. The third-order valence-corrected chi connectivity index (χ3v) is 2.23. The van der Waals surface area contributed by atoms with E-state index in [4.69, 9.17) is 20.9 Å². The van der Waals surface area contributed by atoms with Crippen molar-refractivity contribution in [1.82, 2.24) is 10.5 Å². The molecule has 0 bridgehead atoms. The topological polar surface area (TPSA) is 64.4 Å². The van der Waals surface area contributed by atoms with E-state index >= 15 is 0 Å². The van der Waals surface area contributed by atoms with Crippen LogP contribution in [0.3, 0.4) is 0 Å². The third-order valence-electron chi connectivity index (χ3n) is 1.99. The number of hydrogen-bond acceptors (Lipinski definition) is 4. The van der Waals surface area contributed by atoms with Crippen LogP contribution in [-0.4, -0.2) is 17.3 Å². The highest BCUT2D eigenvalue weighted by atomic mass is 35.5. The Bertz CT molecular complexity index is 551. The average Bonchev–Trinajstić information content (AvgIpc) is 2.60. The molecule has 17 heavy (non-hydrogen) atoms. The van der Waals surface area contributed by atoms with Crippen molar-refractivity contribution >= 4 is 28.7 Å². The summed E-state index contributed by atoms with van der Waals surface area (Å²) in [5, 5.41) is 7.34. The number of fused-ring (bicyclic) bond motifs is 1. The van der Waals surface area contributed by atoms with Crippen molar-refractivity contribution in [2.45, 2.75) is 19.9 Å². The van der Waals surface area contributed by atoms with Gasteiger partial charge in [-0.1, -0.05) is 11.6 Å². The fourth-order valence-electron chi connectivity index (χ4n) is 1.32. The largest absolute Gasteiger partial charge is 0.414 e. The maximum absolute atomic E-state index is 11.4. The maximum atomic E-state index is 11.4. The molecule has 0 aliphatic carbocycles. The molecule has 0 aliphatic heterocycles. The molecule has 1 amide bonds. The molecule has 1 aromatic heterocycles. The number of hydrogen-bond donors (Lipinski definition) is 1. The number of nitrogens with zero attached hydrogens (tertiary/aromatic N) is 1. The molecule has 2 aromatic rings. The van der Waals surface area contributed by atoms with Gasteiger partial charge in [0.1, 0.15) is 0 Å². The van der Waals surface area contributed by atoms with E-state index in [0.29, 0.717) is 16.0 Å². The normalized spacial score (nSPS) is 10.8. The van der Waals surface area contributed by atoms with Crippen LogP contribution in [0.2, 0.25) is 5.02 Å². The second-order valence-electron chi connectivity index (χ2n) is 3.82. The molecule has 6 heteroatoms. The minimum atomic E-state index is -0.574. The summed E-state index contributed by atoms with van der Waals surface area (Å²) in [6.07, 6.45) is -0.574. The van der Waals surface area contributed by atoms with Gasteiger partial charge in [-0.05, 0) is 37.2 Å². The lowest BCUT2D eigenvalue weighted by molar-refractivity contribution is 0.194. The molecular formula is C11H11ClN2O3. The summed E-state index contributed by atoms with van der Waals surface area (Å²) in [5.74, 6) is 0.112. The molecule has 1 heterocycles. The molecule has 2 rings (SSSR count). The zero-order valence-corrected chi connectivity index (χ0v) is 10.1. The molecule has 0 atom stereocenters. The average molecular weight is 255 g/mol. The summed E-state index contributed by atoms with van der Waals surface area (Å²) in [7, 11) is 0. The maximum Gasteiger partial charge on any atom is 0.414 e. The summed E-state index contributed by atoms with van der Waals surface area (Å²) in [4.78, 5) is 11.4. The van der Waals surface area contributed by atoms with Crippen molar-refractivity contribution in [3.05, 3.63) is 23.2 Å². The number of carbonyl (C=O) groups excluding carboxylic acids is 1. The standard InChI is InChI=1S/C11H11ClN2O3/c1-6(2)13-11(15)16-10-8-5-7(12)3-4-9(8)17-14-10/h3-6H,1-2H3,(H,13,15). The van der Waals surface area contributed by atoms with E-state index in [1.165, 1.54) is 0 Å². The van der Waals surface area contributed by atoms with Crippen molar-refractivity contribution in [3.8, 4) is 5.88 Å². The molecule has 90 valence electrons. The SMILES string of the molecule is CC(C)NC(=O)Oc1noc2ccc(Cl)cc12. The number of halogens is 1. The van der Waals surface area contributed by atoms with Gasteiger partial charge in [0.25, 0.3) is 5.88 Å². The molecule has 0 radical (unpaired) electrons. The first-order valence-electron chi connectivity index (χ1n) is 5.09. The van der Waals surface area contributed by atoms with Crippen LogP contribution >= 0.6 is 11.6 Å². The quantitative estimate of drug-likeness (QED) is 0.895. The zero-order chi connectivity index (χ0) is 12.4. The number of nitrogens with one attached hydrogen (secondary N) is 1. The van der Waals surface area contributed by atoms with Crippen molar-refractivity contribution < 1.29 is 14.1 Å². The third kappa shape index (κ3) is 2.68. The van der Waals surface area contributed by atoms with Crippen molar-refractivity contribution in [2.24, 2.45) is 0 Å². The van der Waals surface area contributed by atoms with E-state index < -0.39 is 6.09 Å². The number of amides is 1. The summed E-state index contributed by atoms with van der Waals surface area (Å²) in [5.41, 5.74) is 0.516. The highest BCUT2D eigenvalue weighted by Crippen LogP contribution is 2.27. The summed E-state index contributed by atoms with van der Waals surface area (Å²) < 4.78 is 10.0. The van der Waals surface area contributed by atoms with Crippen molar-refractivity contribution in [1.29, 1.82) is 0 Å². The Hall–Kier alpha value is -1.75. The first-order chi connectivity index (χ1) is 8.06. The zero-order valence-electron chi connectivity index (χ0n) is 9.36. The fourth-order valence-corrected chi connectivity index (χ4v) is 1.49. The smallest absolute Gasteiger partial charge is 0.387 e. The van der Waals surface area contributed by atoms with Crippen LogP contribution in [-0.2, 0) is 0 Å².